The van der Waals surface area contributed by atoms with Crippen molar-refractivity contribution in [3.8, 4) is 5.75 Å². The van der Waals surface area contributed by atoms with Crippen molar-refractivity contribution in [1.82, 2.24) is 4.90 Å². The Kier molecular flexibility index (Phi) is 6.61. The molecule has 1 aliphatic rings. The van der Waals surface area contributed by atoms with Crippen LogP contribution in [0.2, 0.25) is 10.0 Å². The Morgan fingerprint density at radius 3 is 2.60 bits per heavy atom. The average Bonchev–Trinajstić information content (AvgIpc) is 2.93. The van der Waals surface area contributed by atoms with Crippen molar-refractivity contribution in [3.63, 3.8) is 0 Å². The molecule has 0 unspecified atom stereocenters. The summed E-state index contributed by atoms with van der Waals surface area (Å²) in [4.78, 5) is 36.5. The monoisotopic (exact) mass is 483 g/mol. The number of anilines is 1. The fourth-order valence-electron chi connectivity index (χ4n) is 2.49. The van der Waals surface area contributed by atoms with Gasteiger partial charge in [-0.2, -0.15) is 0 Å². The number of rotatable bonds is 5. The number of halogens is 2. The predicted octanol–water partition coefficient (Wildman–Crippen LogP) is 4.45. The number of non-ortho nitro benzene ring substituents is 1. The number of carbonyl (C=O) groups is 2. The lowest BCUT2D eigenvalue weighted by molar-refractivity contribution is -0.384. The quantitative estimate of drug-likeness (QED) is 0.212. The molecule has 1 aliphatic heterocycles. The topological polar surface area (TPSA) is 113 Å². The molecule has 2 N–H and O–H groups in total. The minimum absolute atomic E-state index is 0.146. The van der Waals surface area contributed by atoms with Gasteiger partial charge in [0.15, 0.2) is 0 Å². The Labute approximate surface area is 189 Å². The molecule has 12 heteroatoms. The van der Waals surface area contributed by atoms with Gasteiger partial charge in [0.25, 0.3) is 11.6 Å². The molecule has 0 bridgehead atoms. The van der Waals surface area contributed by atoms with Gasteiger partial charge in [-0.05, 0) is 24.3 Å². The lowest BCUT2D eigenvalue weighted by Gasteiger charge is -2.14. The molecule has 30 heavy (non-hydrogen) atoms. The number of benzene rings is 2. The Bertz CT molecular complexity index is 1100. The second-order valence-corrected chi connectivity index (χ2v) is 8.40. The number of hydrogen-bond donors (Lipinski definition) is 2. The zero-order valence-electron chi connectivity index (χ0n) is 14.8. The maximum absolute atomic E-state index is 12.7. The Morgan fingerprint density at radius 2 is 1.97 bits per heavy atom. The van der Waals surface area contributed by atoms with E-state index in [1.807, 2.05) is 0 Å². The molecule has 0 saturated carbocycles. The highest BCUT2D eigenvalue weighted by Gasteiger charge is 2.34. The van der Waals surface area contributed by atoms with Crippen LogP contribution in [0.25, 0.3) is 6.08 Å². The first-order chi connectivity index (χ1) is 14.2. The van der Waals surface area contributed by atoms with Crippen molar-refractivity contribution in [2.75, 3.05) is 11.9 Å². The van der Waals surface area contributed by atoms with E-state index in [4.69, 9.17) is 35.4 Å². The molecule has 1 saturated heterocycles. The minimum Gasteiger partial charge on any atom is -0.506 e. The van der Waals surface area contributed by atoms with Gasteiger partial charge in [-0.3, -0.25) is 24.6 Å². The number of phenolic OH excluding ortho intramolecular Hbond substituents is 1. The third-order valence-corrected chi connectivity index (χ3v) is 5.95. The summed E-state index contributed by atoms with van der Waals surface area (Å²) in [5.41, 5.74) is -0.0152. The Morgan fingerprint density at radius 1 is 1.30 bits per heavy atom. The molecule has 2 aromatic carbocycles. The van der Waals surface area contributed by atoms with Crippen LogP contribution < -0.4 is 5.32 Å². The lowest BCUT2D eigenvalue weighted by atomic mass is 10.2. The number of nitrogens with one attached hydrogen (secondary N) is 1. The number of nitro benzene ring substituents is 1. The van der Waals surface area contributed by atoms with Gasteiger partial charge in [0, 0.05) is 27.7 Å². The molecule has 0 spiro atoms. The zero-order valence-corrected chi connectivity index (χ0v) is 17.9. The minimum atomic E-state index is -0.695. The maximum Gasteiger partial charge on any atom is 0.271 e. The first-order valence-corrected chi connectivity index (χ1v) is 10.1. The van der Waals surface area contributed by atoms with E-state index in [1.54, 1.807) is 18.2 Å². The van der Waals surface area contributed by atoms with E-state index in [1.165, 1.54) is 6.08 Å². The van der Waals surface area contributed by atoms with E-state index >= 15 is 0 Å². The molecule has 8 nitrogen and oxygen atoms in total. The Balaban J connectivity index is 1.76. The normalized spacial score (nSPS) is 15.0. The molecule has 154 valence electrons. The number of carbonyl (C=O) groups excluding carboxylic acids is 2. The maximum atomic E-state index is 12.7. The fourth-order valence-corrected chi connectivity index (χ4v) is 4.23. The highest BCUT2D eigenvalue weighted by atomic mass is 35.5. The van der Waals surface area contributed by atoms with Gasteiger partial charge < -0.3 is 10.4 Å². The summed E-state index contributed by atoms with van der Waals surface area (Å²) in [6.45, 7) is -0.444. The fraction of sp³-hybridized carbons (Fsp3) is 0.0556. The van der Waals surface area contributed by atoms with Crippen molar-refractivity contribution in [3.05, 3.63) is 67.0 Å². The molecule has 1 fully saturated rings. The zero-order chi connectivity index (χ0) is 22.0. The SMILES string of the molecule is O=C(CN1C(=O)C(=Cc2c(Cl)cccc2Cl)SC1=S)Nc1cc([N+](=O)[O-])ccc1O. The van der Waals surface area contributed by atoms with Gasteiger partial charge in [0.2, 0.25) is 5.91 Å². The van der Waals surface area contributed by atoms with Crippen LogP contribution in [0.5, 0.6) is 5.75 Å². The summed E-state index contributed by atoms with van der Waals surface area (Å²) < 4.78 is 0.146. The molecule has 0 atom stereocenters. The van der Waals surface area contributed by atoms with Gasteiger partial charge in [-0.1, -0.05) is 53.2 Å². The molecule has 0 radical (unpaired) electrons. The number of thiocarbonyl (C=S) groups is 1. The van der Waals surface area contributed by atoms with Crippen LogP contribution in [-0.2, 0) is 9.59 Å². The molecule has 2 aromatic rings. The molecule has 2 amide bonds. The predicted molar refractivity (Wildman–Crippen MR) is 120 cm³/mol. The van der Waals surface area contributed by atoms with Gasteiger partial charge in [-0.15, -0.1) is 0 Å². The van der Waals surface area contributed by atoms with Crippen LogP contribution >= 0.6 is 47.2 Å². The van der Waals surface area contributed by atoms with E-state index in [0.717, 1.165) is 34.9 Å². The number of phenols is 1. The number of thioether (sulfide) groups is 1. The van der Waals surface area contributed by atoms with E-state index in [2.05, 4.69) is 5.32 Å². The summed E-state index contributed by atoms with van der Waals surface area (Å²) in [5.74, 6) is -1.56. The van der Waals surface area contributed by atoms with Gasteiger partial charge in [0.05, 0.1) is 15.5 Å². The summed E-state index contributed by atoms with van der Waals surface area (Å²) >= 11 is 18.4. The highest BCUT2D eigenvalue weighted by molar-refractivity contribution is 8.26. The first kappa shape index (κ1) is 22.0. The van der Waals surface area contributed by atoms with Crippen LogP contribution in [0, 0.1) is 10.1 Å². The number of nitrogens with zero attached hydrogens (tertiary/aromatic N) is 2. The van der Waals surface area contributed by atoms with Gasteiger partial charge >= 0.3 is 0 Å². The lowest BCUT2D eigenvalue weighted by Crippen LogP contribution is -2.36. The van der Waals surface area contributed by atoms with Crippen molar-refractivity contribution < 1.29 is 19.6 Å². The second kappa shape index (κ2) is 9.00. The second-order valence-electron chi connectivity index (χ2n) is 5.91. The number of hydrogen-bond acceptors (Lipinski definition) is 7. The molecular formula is C18H11Cl2N3O5S2. The van der Waals surface area contributed by atoms with Crippen LogP contribution in [0.15, 0.2) is 41.3 Å². The van der Waals surface area contributed by atoms with E-state index < -0.39 is 23.3 Å². The largest absolute Gasteiger partial charge is 0.506 e. The van der Waals surface area contributed by atoms with Crippen LogP contribution in [0.1, 0.15) is 5.56 Å². The van der Waals surface area contributed by atoms with Crippen molar-refractivity contribution >= 4 is 80.8 Å². The number of nitro groups is 1. The number of aromatic hydroxyl groups is 1. The molecule has 0 aromatic heterocycles. The summed E-state index contributed by atoms with van der Waals surface area (Å²) in [6, 6.07) is 8.11. The van der Waals surface area contributed by atoms with Crippen LogP contribution in [0.4, 0.5) is 11.4 Å². The summed E-state index contributed by atoms with van der Waals surface area (Å²) in [7, 11) is 0. The van der Waals surface area contributed by atoms with E-state index in [9.17, 15) is 24.8 Å². The van der Waals surface area contributed by atoms with Crippen molar-refractivity contribution in [1.29, 1.82) is 0 Å². The van der Waals surface area contributed by atoms with E-state index in [0.29, 0.717) is 15.6 Å². The van der Waals surface area contributed by atoms with Crippen molar-refractivity contribution in [2.45, 2.75) is 0 Å². The summed E-state index contributed by atoms with van der Waals surface area (Å²) in [6.07, 6.45) is 1.49. The summed E-state index contributed by atoms with van der Waals surface area (Å²) in [5, 5.41) is 23.7. The Hall–Kier alpha value is -2.66. The third kappa shape index (κ3) is 4.73. The molecular weight excluding hydrogens is 473 g/mol. The molecule has 0 aliphatic carbocycles. The van der Waals surface area contributed by atoms with Crippen LogP contribution in [0.3, 0.4) is 0 Å². The average molecular weight is 484 g/mol. The molecule has 1 heterocycles. The van der Waals surface area contributed by atoms with Crippen LogP contribution in [-0.4, -0.2) is 37.6 Å². The van der Waals surface area contributed by atoms with Gasteiger partial charge in [0.1, 0.15) is 16.6 Å². The highest BCUT2D eigenvalue weighted by Crippen LogP contribution is 2.36. The third-order valence-electron chi connectivity index (χ3n) is 3.92. The van der Waals surface area contributed by atoms with Crippen molar-refractivity contribution in [2.24, 2.45) is 0 Å². The number of amides is 2. The first-order valence-electron chi connectivity index (χ1n) is 8.14. The van der Waals surface area contributed by atoms with E-state index in [-0.39, 0.29) is 26.3 Å². The smallest absolute Gasteiger partial charge is 0.271 e. The standard InChI is InChI=1S/C18H11Cl2N3O5S2/c19-11-2-1-3-12(20)10(11)7-15-17(26)22(18(29)30-15)8-16(25)21-13-6-9(23(27)28)4-5-14(13)24/h1-7,24H,8H2,(H,21,25). The molecule has 3 rings (SSSR count). The van der Waals surface area contributed by atoms with Gasteiger partial charge in [-0.25, -0.2) is 0 Å².